The van der Waals surface area contributed by atoms with Crippen LogP contribution in [0.5, 0.6) is 0 Å². The van der Waals surface area contributed by atoms with Crippen molar-refractivity contribution in [2.24, 2.45) is 0 Å². The molecule has 0 radical (unpaired) electrons. The molecule has 3 rings (SSSR count). The number of methoxy groups -OCH3 is 1. The maximum absolute atomic E-state index is 14.3. The smallest absolute Gasteiger partial charge is 0.228 e. The molecular weight excluding hydrogens is 393 g/mol. The van der Waals surface area contributed by atoms with Crippen molar-refractivity contribution in [3.8, 4) is 0 Å². The van der Waals surface area contributed by atoms with Crippen LogP contribution in [0.1, 0.15) is 44.4 Å². The molecule has 8 heteroatoms. The summed E-state index contributed by atoms with van der Waals surface area (Å²) < 4.78 is 47.1. The van der Waals surface area contributed by atoms with Gasteiger partial charge in [0, 0.05) is 25.3 Å². The first-order valence-corrected chi connectivity index (χ1v) is 11.6. The lowest BCUT2D eigenvalue weighted by Gasteiger charge is -2.35. The minimum atomic E-state index is -3.60. The summed E-state index contributed by atoms with van der Waals surface area (Å²) in [4.78, 5) is 6.58. The van der Waals surface area contributed by atoms with E-state index in [9.17, 15) is 12.8 Å². The molecule has 1 aliphatic rings. The Morgan fingerprint density at radius 2 is 2.00 bits per heavy atom. The number of hydrogen-bond donors (Lipinski definition) is 0. The molecule has 1 aromatic carbocycles. The monoisotopic (exact) mass is 423 g/mol. The fourth-order valence-electron chi connectivity index (χ4n) is 3.78. The second-order valence-electron chi connectivity index (χ2n) is 7.88. The summed E-state index contributed by atoms with van der Waals surface area (Å²) in [5, 5.41) is -0.598. The fraction of sp³-hybridized carbons (Fsp3) is 0.571. The van der Waals surface area contributed by atoms with Crippen LogP contribution in [0.3, 0.4) is 0 Å². The highest BCUT2D eigenvalue weighted by Crippen LogP contribution is 2.24. The molecule has 2 heterocycles. The molecule has 1 saturated heterocycles. The number of imidazole rings is 1. The van der Waals surface area contributed by atoms with Gasteiger partial charge in [-0.15, -0.1) is 0 Å². The standard InChI is InChI=1S/C21H30FN3O3S/c1-16(2)29(26,27)21-23-12-19(14-24-11-7-6-9-18(24)15-28-3)25(21)13-17-8-4-5-10-20(17)22/h4-5,8,10,12,16,18H,6-7,9,11,13-15H2,1-3H3. The number of hydrogen-bond acceptors (Lipinski definition) is 5. The van der Waals surface area contributed by atoms with E-state index >= 15 is 0 Å². The van der Waals surface area contributed by atoms with Crippen LogP contribution in [0.25, 0.3) is 0 Å². The average molecular weight is 424 g/mol. The zero-order valence-corrected chi connectivity index (χ0v) is 18.2. The number of sulfone groups is 1. The molecule has 0 amide bonds. The number of halogens is 1. The molecule has 1 aromatic heterocycles. The van der Waals surface area contributed by atoms with E-state index in [0.29, 0.717) is 18.7 Å². The molecule has 2 aromatic rings. The lowest BCUT2D eigenvalue weighted by molar-refractivity contribution is 0.0584. The molecule has 0 spiro atoms. The summed E-state index contributed by atoms with van der Waals surface area (Å²) >= 11 is 0. The Morgan fingerprint density at radius 1 is 1.24 bits per heavy atom. The van der Waals surface area contributed by atoms with Crippen molar-refractivity contribution in [1.82, 2.24) is 14.5 Å². The van der Waals surface area contributed by atoms with E-state index in [-0.39, 0.29) is 23.6 Å². The lowest BCUT2D eigenvalue weighted by Crippen LogP contribution is -2.42. The second-order valence-corrected chi connectivity index (χ2v) is 10.3. The van der Waals surface area contributed by atoms with Crippen molar-refractivity contribution in [3.63, 3.8) is 0 Å². The third-order valence-corrected chi connectivity index (χ3v) is 7.61. The minimum Gasteiger partial charge on any atom is -0.383 e. The molecule has 1 aliphatic heterocycles. The molecule has 0 saturated carbocycles. The highest BCUT2D eigenvalue weighted by molar-refractivity contribution is 7.91. The summed E-state index contributed by atoms with van der Waals surface area (Å²) in [5.74, 6) is -0.352. The first-order valence-electron chi connectivity index (χ1n) is 10.1. The first-order chi connectivity index (χ1) is 13.8. The molecule has 1 atom stereocenters. The minimum absolute atomic E-state index is 0.00561. The van der Waals surface area contributed by atoms with Gasteiger partial charge in [-0.1, -0.05) is 24.6 Å². The van der Waals surface area contributed by atoms with Crippen LogP contribution in [-0.2, 0) is 27.7 Å². The molecule has 0 bridgehead atoms. The largest absolute Gasteiger partial charge is 0.383 e. The van der Waals surface area contributed by atoms with E-state index in [1.54, 1.807) is 49.9 Å². The molecule has 0 N–H and O–H groups in total. The lowest BCUT2D eigenvalue weighted by atomic mass is 10.0. The van der Waals surface area contributed by atoms with E-state index in [0.717, 1.165) is 31.5 Å². The van der Waals surface area contributed by atoms with Gasteiger partial charge in [0.05, 0.1) is 30.3 Å². The van der Waals surface area contributed by atoms with Gasteiger partial charge in [-0.3, -0.25) is 4.90 Å². The van der Waals surface area contributed by atoms with Gasteiger partial charge in [0.2, 0.25) is 15.0 Å². The SMILES string of the molecule is COCC1CCCCN1Cc1cnc(S(=O)(=O)C(C)C)n1Cc1ccccc1F. The van der Waals surface area contributed by atoms with Crippen molar-refractivity contribution in [2.75, 3.05) is 20.3 Å². The predicted molar refractivity (Wildman–Crippen MR) is 110 cm³/mol. The highest BCUT2D eigenvalue weighted by Gasteiger charge is 2.29. The fourth-order valence-corrected chi connectivity index (χ4v) is 4.89. The number of piperidine rings is 1. The van der Waals surface area contributed by atoms with E-state index in [4.69, 9.17) is 4.74 Å². The van der Waals surface area contributed by atoms with E-state index in [2.05, 4.69) is 9.88 Å². The Balaban J connectivity index is 1.98. The van der Waals surface area contributed by atoms with Crippen LogP contribution in [0.15, 0.2) is 35.6 Å². The third kappa shape index (κ3) is 4.87. The summed E-state index contributed by atoms with van der Waals surface area (Å²) in [7, 11) is -1.90. The van der Waals surface area contributed by atoms with Crippen molar-refractivity contribution in [2.45, 2.75) is 62.6 Å². The summed E-state index contributed by atoms with van der Waals surface area (Å²) in [6, 6.07) is 6.74. The Morgan fingerprint density at radius 3 is 2.69 bits per heavy atom. The molecule has 160 valence electrons. The molecule has 0 aliphatic carbocycles. The summed E-state index contributed by atoms with van der Waals surface area (Å²) in [6.07, 6.45) is 4.92. The number of benzene rings is 1. The Bertz CT molecular complexity index is 925. The van der Waals surface area contributed by atoms with Crippen molar-refractivity contribution >= 4 is 9.84 Å². The normalized spacial score (nSPS) is 18.4. The summed E-state index contributed by atoms with van der Waals surface area (Å²) in [5.41, 5.74) is 1.22. The summed E-state index contributed by atoms with van der Waals surface area (Å²) in [6.45, 7) is 5.52. The molecule has 29 heavy (non-hydrogen) atoms. The van der Waals surface area contributed by atoms with Gasteiger partial charge >= 0.3 is 0 Å². The van der Waals surface area contributed by atoms with Crippen molar-refractivity contribution < 1.29 is 17.5 Å². The molecular formula is C21H30FN3O3S. The van der Waals surface area contributed by atoms with E-state index < -0.39 is 15.1 Å². The van der Waals surface area contributed by atoms with Gasteiger partial charge in [-0.05, 0) is 39.3 Å². The van der Waals surface area contributed by atoms with Gasteiger partial charge in [0.25, 0.3) is 0 Å². The first kappa shape index (κ1) is 21.9. The second kappa shape index (κ2) is 9.36. The average Bonchev–Trinajstić information content (AvgIpc) is 3.08. The van der Waals surface area contributed by atoms with E-state index in [1.165, 1.54) is 6.07 Å². The van der Waals surface area contributed by atoms with Crippen LogP contribution in [-0.4, -0.2) is 54.4 Å². The van der Waals surface area contributed by atoms with Crippen molar-refractivity contribution in [1.29, 1.82) is 0 Å². The maximum Gasteiger partial charge on any atom is 0.228 e. The van der Waals surface area contributed by atoms with Crippen LogP contribution in [0, 0.1) is 5.82 Å². The highest BCUT2D eigenvalue weighted by atomic mass is 32.2. The van der Waals surface area contributed by atoms with Crippen LogP contribution < -0.4 is 0 Å². The van der Waals surface area contributed by atoms with Crippen LogP contribution in [0.4, 0.5) is 4.39 Å². The van der Waals surface area contributed by atoms with Crippen LogP contribution >= 0.6 is 0 Å². The zero-order valence-electron chi connectivity index (χ0n) is 17.3. The molecule has 6 nitrogen and oxygen atoms in total. The molecule has 1 fully saturated rings. The Hall–Kier alpha value is -1.77. The van der Waals surface area contributed by atoms with Gasteiger partial charge in [-0.2, -0.15) is 0 Å². The van der Waals surface area contributed by atoms with Gasteiger partial charge in [0.1, 0.15) is 5.82 Å². The Kier molecular flexibility index (Phi) is 7.08. The number of ether oxygens (including phenoxy) is 1. The maximum atomic E-state index is 14.3. The quantitative estimate of drug-likeness (QED) is 0.652. The number of nitrogens with zero attached hydrogens (tertiary/aromatic N) is 3. The topological polar surface area (TPSA) is 64.4 Å². The van der Waals surface area contributed by atoms with Gasteiger partial charge in [-0.25, -0.2) is 17.8 Å². The molecule has 1 unspecified atom stereocenters. The van der Waals surface area contributed by atoms with Crippen LogP contribution in [0.2, 0.25) is 0 Å². The van der Waals surface area contributed by atoms with E-state index in [1.807, 2.05) is 0 Å². The van der Waals surface area contributed by atoms with Gasteiger partial charge in [0.15, 0.2) is 0 Å². The van der Waals surface area contributed by atoms with Gasteiger partial charge < -0.3 is 9.30 Å². The number of rotatable bonds is 8. The Labute approximate surface area is 172 Å². The zero-order chi connectivity index (χ0) is 21.0. The number of aromatic nitrogens is 2. The predicted octanol–water partition coefficient (Wildman–Crippen LogP) is 3.25. The number of likely N-dealkylation sites (tertiary alicyclic amines) is 1. The third-order valence-electron chi connectivity index (χ3n) is 5.54. The van der Waals surface area contributed by atoms with Crippen molar-refractivity contribution in [3.05, 3.63) is 47.5 Å².